The van der Waals surface area contributed by atoms with Crippen molar-refractivity contribution in [1.82, 2.24) is 4.98 Å². The summed E-state index contributed by atoms with van der Waals surface area (Å²) in [6.07, 6.45) is 0. The largest absolute Gasteiger partial charge is 0.318 e. The molecule has 3 heteroatoms. The summed E-state index contributed by atoms with van der Waals surface area (Å²) in [4.78, 5) is 4.60. The van der Waals surface area contributed by atoms with Crippen LogP contribution in [0, 0.1) is 6.92 Å². The van der Waals surface area contributed by atoms with Crippen molar-refractivity contribution in [3.8, 4) is 0 Å². The molecule has 2 aromatic carbocycles. The summed E-state index contributed by atoms with van der Waals surface area (Å²) in [6.45, 7) is 2.08. The maximum absolute atomic E-state index is 6.28. The molecule has 90 valence electrons. The van der Waals surface area contributed by atoms with Gasteiger partial charge in [0.2, 0.25) is 0 Å². The van der Waals surface area contributed by atoms with Crippen LogP contribution in [0.2, 0.25) is 0 Å². The minimum Gasteiger partial charge on any atom is -0.318 e. The highest BCUT2D eigenvalue weighted by Gasteiger charge is 2.13. The molecule has 0 aliphatic heterocycles. The van der Waals surface area contributed by atoms with Gasteiger partial charge in [0, 0.05) is 0 Å². The van der Waals surface area contributed by atoms with Gasteiger partial charge in [0.1, 0.15) is 5.01 Å². The number of rotatable bonds is 2. The molecule has 0 saturated carbocycles. The number of nitrogens with two attached hydrogens (primary N) is 1. The van der Waals surface area contributed by atoms with Crippen LogP contribution in [0.5, 0.6) is 0 Å². The van der Waals surface area contributed by atoms with Crippen molar-refractivity contribution in [2.45, 2.75) is 13.0 Å². The molecule has 1 aromatic heterocycles. The fraction of sp³-hybridized carbons (Fsp3) is 0.133. The van der Waals surface area contributed by atoms with Gasteiger partial charge in [0.15, 0.2) is 0 Å². The van der Waals surface area contributed by atoms with Crippen LogP contribution in [0.4, 0.5) is 0 Å². The van der Waals surface area contributed by atoms with E-state index < -0.39 is 0 Å². The molecule has 1 unspecified atom stereocenters. The van der Waals surface area contributed by atoms with Gasteiger partial charge in [-0.3, -0.25) is 0 Å². The van der Waals surface area contributed by atoms with E-state index in [1.54, 1.807) is 11.3 Å². The molecule has 2 N–H and O–H groups in total. The van der Waals surface area contributed by atoms with Crippen LogP contribution in [0.1, 0.15) is 22.2 Å². The van der Waals surface area contributed by atoms with E-state index in [1.165, 1.54) is 10.3 Å². The lowest BCUT2D eigenvalue weighted by Gasteiger charge is -2.08. The highest BCUT2D eigenvalue weighted by Crippen LogP contribution is 2.28. The van der Waals surface area contributed by atoms with E-state index in [2.05, 4.69) is 42.2 Å². The fourth-order valence-electron chi connectivity index (χ4n) is 1.94. The first-order valence-electron chi connectivity index (χ1n) is 5.91. The van der Waals surface area contributed by atoms with Crippen LogP contribution < -0.4 is 5.73 Å². The summed E-state index contributed by atoms with van der Waals surface area (Å²) in [7, 11) is 0. The highest BCUT2D eigenvalue weighted by atomic mass is 32.1. The molecule has 0 aliphatic carbocycles. The number of fused-ring (bicyclic) bond motifs is 1. The Kier molecular flexibility index (Phi) is 2.86. The number of para-hydroxylation sites is 1. The Balaban J connectivity index is 2.00. The van der Waals surface area contributed by atoms with Crippen molar-refractivity contribution >= 4 is 21.6 Å². The zero-order valence-corrected chi connectivity index (χ0v) is 10.9. The van der Waals surface area contributed by atoms with Crippen molar-refractivity contribution in [3.05, 3.63) is 64.7 Å². The minimum absolute atomic E-state index is 0.136. The van der Waals surface area contributed by atoms with Gasteiger partial charge in [-0.1, -0.05) is 42.0 Å². The monoisotopic (exact) mass is 254 g/mol. The molecule has 2 nitrogen and oxygen atoms in total. The molecule has 3 rings (SSSR count). The Bertz CT molecular complexity index is 637. The summed E-state index contributed by atoms with van der Waals surface area (Å²) in [6, 6.07) is 16.3. The molecule has 18 heavy (non-hydrogen) atoms. The Morgan fingerprint density at radius 2 is 1.78 bits per heavy atom. The van der Waals surface area contributed by atoms with Gasteiger partial charge < -0.3 is 5.73 Å². The molecular weight excluding hydrogens is 240 g/mol. The third-order valence-corrected chi connectivity index (χ3v) is 4.13. The predicted molar refractivity (Wildman–Crippen MR) is 76.8 cm³/mol. The Labute approximate surface area is 110 Å². The summed E-state index contributed by atoms with van der Waals surface area (Å²) >= 11 is 1.67. The summed E-state index contributed by atoms with van der Waals surface area (Å²) in [5.74, 6) is 0. The molecule has 0 aliphatic rings. The maximum atomic E-state index is 6.28. The molecular formula is C15H14N2S. The van der Waals surface area contributed by atoms with E-state index >= 15 is 0 Å². The zero-order valence-electron chi connectivity index (χ0n) is 10.1. The fourth-order valence-corrected chi connectivity index (χ4v) is 2.94. The predicted octanol–water partition coefficient (Wildman–Crippen LogP) is 3.65. The number of aromatic nitrogens is 1. The van der Waals surface area contributed by atoms with Gasteiger partial charge in [-0.05, 0) is 24.6 Å². The average Bonchev–Trinajstić information content (AvgIpc) is 2.82. The molecule has 1 atom stereocenters. The lowest BCUT2D eigenvalue weighted by atomic mass is 10.1. The van der Waals surface area contributed by atoms with Gasteiger partial charge in [-0.25, -0.2) is 4.98 Å². The lowest BCUT2D eigenvalue weighted by molar-refractivity contribution is 0.861. The molecule has 0 bridgehead atoms. The van der Waals surface area contributed by atoms with Crippen molar-refractivity contribution in [2.75, 3.05) is 0 Å². The van der Waals surface area contributed by atoms with Crippen molar-refractivity contribution in [2.24, 2.45) is 5.73 Å². The van der Waals surface area contributed by atoms with E-state index in [0.29, 0.717) is 0 Å². The number of nitrogens with zero attached hydrogens (tertiary/aromatic N) is 1. The normalized spacial score (nSPS) is 12.8. The maximum Gasteiger partial charge on any atom is 0.115 e. The number of thiazole rings is 1. The van der Waals surface area contributed by atoms with Gasteiger partial charge in [-0.15, -0.1) is 11.3 Å². The molecule has 0 amide bonds. The van der Waals surface area contributed by atoms with Crippen LogP contribution >= 0.6 is 11.3 Å². The molecule has 0 spiro atoms. The second-order valence-electron chi connectivity index (χ2n) is 4.41. The number of hydrogen-bond donors (Lipinski definition) is 1. The summed E-state index contributed by atoms with van der Waals surface area (Å²) in [5, 5.41) is 0.972. The van der Waals surface area contributed by atoms with Crippen LogP contribution in [0.15, 0.2) is 48.5 Å². The van der Waals surface area contributed by atoms with Crippen LogP contribution in [0.25, 0.3) is 10.2 Å². The van der Waals surface area contributed by atoms with E-state index in [0.717, 1.165) is 16.1 Å². The van der Waals surface area contributed by atoms with E-state index in [-0.39, 0.29) is 6.04 Å². The Morgan fingerprint density at radius 1 is 1.06 bits per heavy atom. The molecule has 0 fully saturated rings. The molecule has 0 radical (unpaired) electrons. The second-order valence-corrected chi connectivity index (χ2v) is 5.47. The molecule has 3 aromatic rings. The quantitative estimate of drug-likeness (QED) is 0.758. The summed E-state index contributed by atoms with van der Waals surface area (Å²) in [5.41, 5.74) is 9.66. The minimum atomic E-state index is -0.136. The zero-order chi connectivity index (χ0) is 12.5. The van der Waals surface area contributed by atoms with Gasteiger partial charge in [0.25, 0.3) is 0 Å². The van der Waals surface area contributed by atoms with Crippen molar-refractivity contribution in [1.29, 1.82) is 0 Å². The second kappa shape index (κ2) is 4.52. The Morgan fingerprint density at radius 3 is 2.50 bits per heavy atom. The average molecular weight is 254 g/mol. The first kappa shape index (κ1) is 11.4. The van der Waals surface area contributed by atoms with Crippen molar-refractivity contribution < 1.29 is 0 Å². The first-order chi connectivity index (χ1) is 8.74. The van der Waals surface area contributed by atoms with Gasteiger partial charge in [0.05, 0.1) is 16.3 Å². The number of aryl methyl sites for hydroxylation is 1. The molecule has 0 saturated heterocycles. The van der Waals surface area contributed by atoms with Crippen LogP contribution in [0.3, 0.4) is 0 Å². The number of hydrogen-bond acceptors (Lipinski definition) is 3. The molecule has 1 heterocycles. The van der Waals surface area contributed by atoms with Crippen LogP contribution in [-0.2, 0) is 0 Å². The van der Waals surface area contributed by atoms with Gasteiger partial charge >= 0.3 is 0 Å². The van der Waals surface area contributed by atoms with Gasteiger partial charge in [-0.2, -0.15) is 0 Å². The summed E-state index contributed by atoms with van der Waals surface area (Å²) < 4.78 is 1.19. The van der Waals surface area contributed by atoms with E-state index in [1.807, 2.05) is 18.2 Å². The Hall–Kier alpha value is -1.71. The van der Waals surface area contributed by atoms with E-state index in [9.17, 15) is 0 Å². The van der Waals surface area contributed by atoms with Crippen molar-refractivity contribution in [3.63, 3.8) is 0 Å². The topological polar surface area (TPSA) is 38.9 Å². The SMILES string of the molecule is Cc1ccc(C(N)c2nc3ccccc3s2)cc1. The standard InChI is InChI=1S/C15H14N2S/c1-10-6-8-11(9-7-10)14(16)15-17-12-4-2-3-5-13(12)18-15/h2-9,14H,16H2,1H3. The first-order valence-corrected chi connectivity index (χ1v) is 6.73. The third-order valence-electron chi connectivity index (χ3n) is 3.01. The highest BCUT2D eigenvalue weighted by molar-refractivity contribution is 7.18. The van der Waals surface area contributed by atoms with E-state index in [4.69, 9.17) is 5.73 Å². The smallest absolute Gasteiger partial charge is 0.115 e. The lowest BCUT2D eigenvalue weighted by Crippen LogP contribution is -2.11. The number of benzene rings is 2. The van der Waals surface area contributed by atoms with Crippen LogP contribution in [-0.4, -0.2) is 4.98 Å². The third kappa shape index (κ3) is 2.03.